The van der Waals surface area contributed by atoms with E-state index < -0.39 is 0 Å². The Labute approximate surface area is 71.9 Å². The number of hydrogen-bond acceptors (Lipinski definition) is 1. The Hall–Kier alpha value is -0.690. The van der Waals surface area contributed by atoms with Crippen LogP contribution in [0.1, 0.15) is 5.56 Å². The van der Waals surface area contributed by atoms with E-state index in [0.29, 0.717) is 6.42 Å². The maximum absolute atomic E-state index is 5.77. The van der Waals surface area contributed by atoms with Crippen molar-refractivity contribution in [2.45, 2.75) is 6.42 Å². The van der Waals surface area contributed by atoms with E-state index in [9.17, 15) is 0 Å². The summed E-state index contributed by atoms with van der Waals surface area (Å²) in [5.41, 5.74) is 1.04. The lowest BCUT2D eigenvalue weighted by Crippen LogP contribution is -1.89. The summed E-state index contributed by atoms with van der Waals surface area (Å²) in [4.78, 5) is 0. The molecule has 0 unspecified atom stereocenters. The average molecular weight is 170 g/mol. The minimum absolute atomic E-state index is 0.698. The van der Waals surface area contributed by atoms with Crippen LogP contribution < -0.4 is 4.74 Å². The van der Waals surface area contributed by atoms with Gasteiger partial charge in [0, 0.05) is 5.02 Å². The predicted octanol–water partition coefficient (Wildman–Crippen LogP) is 2.73. The lowest BCUT2D eigenvalue weighted by Gasteiger charge is -2.05. The highest BCUT2D eigenvalue weighted by Gasteiger charge is 1.99. The Balaban J connectivity index is 3.06. The Morgan fingerprint density at radius 3 is 2.82 bits per heavy atom. The van der Waals surface area contributed by atoms with Crippen LogP contribution in [-0.4, -0.2) is 7.11 Å². The zero-order valence-corrected chi connectivity index (χ0v) is 7.19. The van der Waals surface area contributed by atoms with Gasteiger partial charge >= 0.3 is 0 Å². The molecule has 0 amide bonds. The van der Waals surface area contributed by atoms with E-state index in [0.717, 1.165) is 16.3 Å². The molecule has 59 valence electrons. The van der Waals surface area contributed by atoms with Crippen LogP contribution in [0, 0.1) is 6.92 Å². The van der Waals surface area contributed by atoms with E-state index >= 15 is 0 Å². The van der Waals surface area contributed by atoms with Crippen LogP contribution in [-0.2, 0) is 6.42 Å². The lowest BCUT2D eigenvalue weighted by atomic mass is 10.1. The highest BCUT2D eigenvalue weighted by atomic mass is 35.5. The first-order valence-electron chi connectivity index (χ1n) is 3.39. The molecule has 1 radical (unpaired) electrons. The first-order chi connectivity index (χ1) is 5.27. The summed E-state index contributed by atoms with van der Waals surface area (Å²) in [6.07, 6.45) is 0.698. The van der Waals surface area contributed by atoms with Crippen LogP contribution in [0.3, 0.4) is 0 Å². The Morgan fingerprint density at radius 1 is 1.55 bits per heavy atom. The highest BCUT2D eigenvalue weighted by molar-refractivity contribution is 6.30. The van der Waals surface area contributed by atoms with Gasteiger partial charge in [-0.05, 0) is 37.1 Å². The Bertz CT molecular complexity index is 245. The third-order valence-electron chi connectivity index (χ3n) is 1.51. The van der Waals surface area contributed by atoms with Crippen LogP contribution in [0.4, 0.5) is 0 Å². The SMILES string of the molecule is [CH2]Cc1cc(Cl)ccc1OC. The standard InChI is InChI=1S/C9H10ClO/c1-3-7-6-8(10)4-5-9(7)11-2/h4-6H,1,3H2,2H3. The minimum atomic E-state index is 0.698. The van der Waals surface area contributed by atoms with Gasteiger partial charge in [0.2, 0.25) is 0 Å². The van der Waals surface area contributed by atoms with Gasteiger partial charge in [-0.25, -0.2) is 0 Å². The van der Waals surface area contributed by atoms with E-state index in [-0.39, 0.29) is 0 Å². The summed E-state index contributed by atoms with van der Waals surface area (Å²) < 4.78 is 5.09. The van der Waals surface area contributed by atoms with Crippen LogP contribution >= 0.6 is 11.6 Å². The van der Waals surface area contributed by atoms with Crippen molar-refractivity contribution in [3.63, 3.8) is 0 Å². The molecule has 0 aliphatic heterocycles. The summed E-state index contributed by atoms with van der Waals surface area (Å²) in [7, 11) is 1.64. The topological polar surface area (TPSA) is 9.23 Å². The summed E-state index contributed by atoms with van der Waals surface area (Å²) in [6.45, 7) is 3.77. The maximum Gasteiger partial charge on any atom is 0.122 e. The molecule has 1 nitrogen and oxygen atoms in total. The largest absolute Gasteiger partial charge is 0.496 e. The summed E-state index contributed by atoms with van der Waals surface area (Å²) >= 11 is 5.77. The second kappa shape index (κ2) is 3.63. The second-order valence-electron chi connectivity index (χ2n) is 2.21. The van der Waals surface area contributed by atoms with Gasteiger partial charge in [0.15, 0.2) is 0 Å². The normalized spacial score (nSPS) is 9.73. The molecule has 0 aliphatic rings. The van der Waals surface area contributed by atoms with Crippen molar-refractivity contribution in [1.82, 2.24) is 0 Å². The van der Waals surface area contributed by atoms with Crippen molar-refractivity contribution in [3.8, 4) is 5.75 Å². The van der Waals surface area contributed by atoms with E-state index in [2.05, 4.69) is 6.92 Å². The van der Waals surface area contributed by atoms with Crippen LogP contribution in [0.5, 0.6) is 5.75 Å². The zero-order chi connectivity index (χ0) is 8.27. The van der Waals surface area contributed by atoms with E-state index in [1.807, 2.05) is 12.1 Å². The maximum atomic E-state index is 5.77. The first kappa shape index (κ1) is 8.41. The molecule has 0 aliphatic carbocycles. The third kappa shape index (κ3) is 1.87. The fourth-order valence-corrected chi connectivity index (χ4v) is 1.14. The van der Waals surface area contributed by atoms with E-state index in [1.54, 1.807) is 13.2 Å². The highest BCUT2D eigenvalue weighted by Crippen LogP contribution is 2.22. The van der Waals surface area contributed by atoms with Gasteiger partial charge in [-0.15, -0.1) is 0 Å². The van der Waals surface area contributed by atoms with E-state index in [1.165, 1.54) is 0 Å². The van der Waals surface area contributed by atoms with Gasteiger partial charge in [-0.2, -0.15) is 0 Å². The second-order valence-corrected chi connectivity index (χ2v) is 2.64. The molecule has 1 aromatic rings. The van der Waals surface area contributed by atoms with Gasteiger partial charge in [-0.3, -0.25) is 0 Å². The fourth-order valence-electron chi connectivity index (χ4n) is 0.943. The Morgan fingerprint density at radius 2 is 2.27 bits per heavy atom. The number of hydrogen-bond donors (Lipinski definition) is 0. The molecular weight excluding hydrogens is 160 g/mol. The molecule has 1 aromatic carbocycles. The molecule has 0 spiro atoms. The fraction of sp³-hybridized carbons (Fsp3) is 0.222. The third-order valence-corrected chi connectivity index (χ3v) is 1.75. The van der Waals surface area contributed by atoms with E-state index in [4.69, 9.17) is 16.3 Å². The number of methoxy groups -OCH3 is 1. The molecule has 1 rings (SSSR count). The first-order valence-corrected chi connectivity index (χ1v) is 3.77. The molecule has 0 atom stereocenters. The molecule has 0 heterocycles. The number of rotatable bonds is 2. The minimum Gasteiger partial charge on any atom is -0.496 e. The van der Waals surface area contributed by atoms with Crippen LogP contribution in [0.15, 0.2) is 18.2 Å². The van der Waals surface area contributed by atoms with Gasteiger partial charge in [-0.1, -0.05) is 11.6 Å². The van der Waals surface area contributed by atoms with Crippen LogP contribution in [0.2, 0.25) is 5.02 Å². The number of ether oxygens (including phenoxy) is 1. The molecule has 0 bridgehead atoms. The smallest absolute Gasteiger partial charge is 0.122 e. The predicted molar refractivity (Wildman–Crippen MR) is 47.1 cm³/mol. The molecule has 11 heavy (non-hydrogen) atoms. The molecule has 0 N–H and O–H groups in total. The summed E-state index contributed by atoms with van der Waals surface area (Å²) in [5, 5.41) is 0.726. The monoisotopic (exact) mass is 169 g/mol. The molecular formula is C9H10ClO. The van der Waals surface area contributed by atoms with Crippen molar-refractivity contribution in [1.29, 1.82) is 0 Å². The van der Waals surface area contributed by atoms with Crippen molar-refractivity contribution in [3.05, 3.63) is 35.7 Å². The van der Waals surface area contributed by atoms with Gasteiger partial charge in [0.05, 0.1) is 7.11 Å². The van der Waals surface area contributed by atoms with Gasteiger partial charge in [0.1, 0.15) is 5.75 Å². The van der Waals surface area contributed by atoms with Crippen molar-refractivity contribution < 1.29 is 4.74 Å². The molecule has 0 saturated carbocycles. The molecule has 0 aromatic heterocycles. The van der Waals surface area contributed by atoms with Crippen molar-refractivity contribution >= 4 is 11.6 Å². The Kier molecular flexibility index (Phi) is 2.77. The number of halogens is 1. The molecule has 0 fully saturated rings. The quantitative estimate of drug-likeness (QED) is 0.662. The molecule has 0 saturated heterocycles. The van der Waals surface area contributed by atoms with Gasteiger partial charge < -0.3 is 4.74 Å². The average Bonchev–Trinajstić information content (AvgIpc) is 2.04. The van der Waals surface area contributed by atoms with Crippen molar-refractivity contribution in [2.75, 3.05) is 7.11 Å². The molecule has 2 heteroatoms. The summed E-state index contributed by atoms with van der Waals surface area (Å²) in [6, 6.07) is 5.52. The van der Waals surface area contributed by atoms with Crippen molar-refractivity contribution in [2.24, 2.45) is 0 Å². The van der Waals surface area contributed by atoms with Gasteiger partial charge in [0.25, 0.3) is 0 Å². The zero-order valence-electron chi connectivity index (χ0n) is 6.43. The lowest BCUT2D eigenvalue weighted by molar-refractivity contribution is 0.410. The van der Waals surface area contributed by atoms with Crippen LogP contribution in [0.25, 0.3) is 0 Å². The summed E-state index contributed by atoms with van der Waals surface area (Å²) in [5.74, 6) is 0.851. The number of benzene rings is 1.